The second kappa shape index (κ2) is 8.88. The summed E-state index contributed by atoms with van der Waals surface area (Å²) in [4.78, 5) is 1.27. The van der Waals surface area contributed by atoms with E-state index >= 15 is 0 Å². The zero-order valence-corrected chi connectivity index (χ0v) is 11.1. The predicted molar refractivity (Wildman–Crippen MR) is 71.5 cm³/mol. The topological polar surface area (TPSA) is 21.3 Å². The van der Waals surface area contributed by atoms with E-state index in [2.05, 4.69) is 17.4 Å². The highest BCUT2D eigenvalue weighted by Crippen LogP contribution is 2.19. The smallest absolute Gasteiger partial charge is 0.0474 e. The molecule has 0 aliphatic heterocycles. The standard InChI is InChI=1S/C12H18ClNOS/c1-15-9-2-7-14-8-10-16-12-5-3-11(13)4-6-12/h3-6,14H,2,7-10H2,1H3. The first-order chi connectivity index (χ1) is 7.83. The van der Waals surface area contributed by atoms with Crippen molar-refractivity contribution >= 4 is 23.4 Å². The monoisotopic (exact) mass is 259 g/mol. The number of thioether (sulfide) groups is 1. The first-order valence-electron chi connectivity index (χ1n) is 5.41. The van der Waals surface area contributed by atoms with Crippen LogP contribution in [-0.2, 0) is 4.74 Å². The van der Waals surface area contributed by atoms with Crippen LogP contribution in [0.1, 0.15) is 6.42 Å². The fraction of sp³-hybridized carbons (Fsp3) is 0.500. The number of ether oxygens (including phenoxy) is 1. The number of nitrogens with one attached hydrogen (secondary N) is 1. The molecule has 1 aromatic rings. The quantitative estimate of drug-likeness (QED) is 0.573. The van der Waals surface area contributed by atoms with E-state index in [4.69, 9.17) is 16.3 Å². The highest BCUT2D eigenvalue weighted by atomic mass is 35.5. The van der Waals surface area contributed by atoms with Crippen LogP contribution in [0.4, 0.5) is 0 Å². The molecule has 0 heterocycles. The van der Waals surface area contributed by atoms with Gasteiger partial charge in [-0.15, -0.1) is 11.8 Å². The second-order valence-electron chi connectivity index (χ2n) is 3.40. The minimum atomic E-state index is 0.794. The van der Waals surface area contributed by atoms with E-state index in [1.54, 1.807) is 7.11 Å². The Morgan fingerprint density at radius 2 is 2.00 bits per heavy atom. The second-order valence-corrected chi connectivity index (χ2v) is 5.00. The molecule has 0 atom stereocenters. The van der Waals surface area contributed by atoms with Gasteiger partial charge in [0.1, 0.15) is 0 Å². The Balaban J connectivity index is 2.01. The van der Waals surface area contributed by atoms with Crippen LogP contribution in [0.15, 0.2) is 29.2 Å². The summed E-state index contributed by atoms with van der Waals surface area (Å²) in [5.74, 6) is 1.08. The number of rotatable bonds is 8. The molecule has 0 unspecified atom stereocenters. The average Bonchev–Trinajstić information content (AvgIpc) is 2.30. The normalized spacial score (nSPS) is 10.6. The summed E-state index contributed by atoms with van der Waals surface area (Å²) in [5, 5.41) is 4.17. The van der Waals surface area contributed by atoms with Gasteiger partial charge in [-0.3, -0.25) is 0 Å². The Labute approximate surface area is 107 Å². The van der Waals surface area contributed by atoms with Crippen molar-refractivity contribution < 1.29 is 4.74 Å². The summed E-state index contributed by atoms with van der Waals surface area (Å²) >= 11 is 7.65. The van der Waals surface area contributed by atoms with E-state index in [1.165, 1.54) is 4.90 Å². The van der Waals surface area contributed by atoms with Gasteiger partial charge in [0, 0.05) is 35.9 Å². The Hall–Kier alpha value is -0.220. The Bertz CT molecular complexity index is 279. The molecule has 2 nitrogen and oxygen atoms in total. The molecule has 1 rings (SSSR count). The van der Waals surface area contributed by atoms with E-state index < -0.39 is 0 Å². The van der Waals surface area contributed by atoms with Crippen LogP contribution in [0, 0.1) is 0 Å². The number of methoxy groups -OCH3 is 1. The minimum absolute atomic E-state index is 0.794. The van der Waals surface area contributed by atoms with Crippen molar-refractivity contribution in [2.45, 2.75) is 11.3 Å². The van der Waals surface area contributed by atoms with Gasteiger partial charge in [0.25, 0.3) is 0 Å². The summed E-state index contributed by atoms with van der Waals surface area (Å²) in [6.45, 7) is 2.88. The molecule has 0 spiro atoms. The zero-order chi connectivity index (χ0) is 11.6. The van der Waals surface area contributed by atoms with Crippen molar-refractivity contribution in [1.82, 2.24) is 5.32 Å². The van der Waals surface area contributed by atoms with Crippen LogP contribution >= 0.6 is 23.4 Å². The van der Waals surface area contributed by atoms with Gasteiger partial charge in [0.2, 0.25) is 0 Å². The third kappa shape index (κ3) is 6.38. The highest BCUT2D eigenvalue weighted by molar-refractivity contribution is 7.99. The molecule has 1 aromatic carbocycles. The molecule has 4 heteroatoms. The minimum Gasteiger partial charge on any atom is -0.385 e. The Kier molecular flexibility index (Phi) is 7.68. The van der Waals surface area contributed by atoms with Crippen LogP contribution in [0.25, 0.3) is 0 Å². The SMILES string of the molecule is COCCCNCCSc1ccc(Cl)cc1. The number of hydrogen-bond donors (Lipinski definition) is 1. The summed E-state index contributed by atoms with van der Waals surface area (Å²) in [5.41, 5.74) is 0. The van der Waals surface area contributed by atoms with E-state index in [9.17, 15) is 0 Å². The largest absolute Gasteiger partial charge is 0.385 e. The molecule has 0 aliphatic carbocycles. The molecule has 0 fully saturated rings. The molecule has 0 saturated heterocycles. The van der Waals surface area contributed by atoms with Gasteiger partial charge < -0.3 is 10.1 Å². The van der Waals surface area contributed by atoms with Crippen molar-refractivity contribution in [3.63, 3.8) is 0 Å². The molecule has 16 heavy (non-hydrogen) atoms. The lowest BCUT2D eigenvalue weighted by molar-refractivity contribution is 0.194. The lowest BCUT2D eigenvalue weighted by Crippen LogP contribution is -2.19. The Morgan fingerprint density at radius 1 is 1.25 bits per heavy atom. The lowest BCUT2D eigenvalue weighted by atomic mass is 10.4. The molecular weight excluding hydrogens is 242 g/mol. The van der Waals surface area contributed by atoms with Gasteiger partial charge >= 0.3 is 0 Å². The van der Waals surface area contributed by atoms with Crippen molar-refractivity contribution in [2.75, 3.05) is 32.6 Å². The van der Waals surface area contributed by atoms with Crippen LogP contribution in [0.3, 0.4) is 0 Å². The molecule has 0 aliphatic rings. The van der Waals surface area contributed by atoms with Crippen LogP contribution in [0.5, 0.6) is 0 Å². The third-order valence-electron chi connectivity index (χ3n) is 2.06. The molecule has 90 valence electrons. The van der Waals surface area contributed by atoms with E-state index in [1.807, 2.05) is 23.9 Å². The molecule has 0 amide bonds. The molecule has 0 aromatic heterocycles. The summed E-state index contributed by atoms with van der Waals surface area (Å²) in [6, 6.07) is 7.96. The van der Waals surface area contributed by atoms with Crippen LogP contribution in [0.2, 0.25) is 5.02 Å². The van der Waals surface area contributed by atoms with Gasteiger partial charge in [-0.1, -0.05) is 11.6 Å². The fourth-order valence-electron chi connectivity index (χ4n) is 1.24. The average molecular weight is 260 g/mol. The molecular formula is C12H18ClNOS. The van der Waals surface area contributed by atoms with Gasteiger partial charge in [0.15, 0.2) is 0 Å². The van der Waals surface area contributed by atoms with Crippen molar-refractivity contribution in [3.8, 4) is 0 Å². The Morgan fingerprint density at radius 3 is 2.69 bits per heavy atom. The summed E-state index contributed by atoms with van der Waals surface area (Å²) in [7, 11) is 1.73. The first-order valence-corrected chi connectivity index (χ1v) is 6.77. The summed E-state index contributed by atoms with van der Waals surface area (Å²) < 4.78 is 4.97. The highest BCUT2D eigenvalue weighted by Gasteiger charge is 1.94. The van der Waals surface area contributed by atoms with Crippen molar-refractivity contribution in [3.05, 3.63) is 29.3 Å². The van der Waals surface area contributed by atoms with Crippen molar-refractivity contribution in [2.24, 2.45) is 0 Å². The van der Waals surface area contributed by atoms with Gasteiger partial charge in [-0.05, 0) is 37.2 Å². The molecule has 1 N–H and O–H groups in total. The predicted octanol–water partition coefficient (Wildman–Crippen LogP) is 3.06. The fourth-order valence-corrected chi connectivity index (χ4v) is 2.18. The lowest BCUT2D eigenvalue weighted by Gasteiger charge is -2.04. The molecule has 0 bridgehead atoms. The zero-order valence-electron chi connectivity index (χ0n) is 9.54. The van der Waals surface area contributed by atoms with E-state index in [-0.39, 0.29) is 0 Å². The maximum absolute atomic E-state index is 5.81. The van der Waals surface area contributed by atoms with Crippen molar-refractivity contribution in [1.29, 1.82) is 0 Å². The van der Waals surface area contributed by atoms with E-state index in [0.717, 1.165) is 36.9 Å². The van der Waals surface area contributed by atoms with Crippen LogP contribution < -0.4 is 5.32 Å². The maximum Gasteiger partial charge on any atom is 0.0474 e. The number of halogens is 1. The van der Waals surface area contributed by atoms with Gasteiger partial charge in [0.05, 0.1) is 0 Å². The third-order valence-corrected chi connectivity index (χ3v) is 3.33. The van der Waals surface area contributed by atoms with E-state index in [0.29, 0.717) is 0 Å². The van der Waals surface area contributed by atoms with Gasteiger partial charge in [-0.25, -0.2) is 0 Å². The molecule has 0 radical (unpaired) electrons. The number of hydrogen-bond acceptors (Lipinski definition) is 3. The van der Waals surface area contributed by atoms with Crippen LogP contribution in [-0.4, -0.2) is 32.6 Å². The first kappa shape index (κ1) is 13.8. The van der Waals surface area contributed by atoms with Gasteiger partial charge in [-0.2, -0.15) is 0 Å². The summed E-state index contributed by atoms with van der Waals surface area (Å²) in [6.07, 6.45) is 1.07. The molecule has 0 saturated carbocycles. The number of benzene rings is 1. The maximum atomic E-state index is 5.81.